The zero-order valence-corrected chi connectivity index (χ0v) is 15.1. The molecular formula is C18H15F3N6O2. The number of halogens is 3. The van der Waals surface area contributed by atoms with Crippen molar-refractivity contribution in [2.45, 2.75) is 24.7 Å². The van der Waals surface area contributed by atoms with E-state index < -0.39 is 29.6 Å². The number of nitriles is 1. The Morgan fingerprint density at radius 1 is 1.38 bits per heavy atom. The Hall–Kier alpha value is -3.52. The molecule has 1 amide bonds. The number of ether oxygens (including phenoxy) is 1. The molecule has 0 aromatic carbocycles. The number of alkyl halides is 3. The van der Waals surface area contributed by atoms with Crippen molar-refractivity contribution >= 4 is 17.6 Å². The third-order valence-corrected chi connectivity index (χ3v) is 4.33. The largest absolute Gasteiger partial charge is 0.424 e. The van der Waals surface area contributed by atoms with Crippen LogP contribution in [0, 0.1) is 11.3 Å². The summed E-state index contributed by atoms with van der Waals surface area (Å²) in [6, 6.07) is 8.47. The van der Waals surface area contributed by atoms with Crippen molar-refractivity contribution in [1.29, 1.82) is 5.26 Å². The Labute approximate surface area is 163 Å². The minimum atomic E-state index is -4.71. The second kappa shape index (κ2) is 7.48. The van der Waals surface area contributed by atoms with Crippen LogP contribution >= 0.6 is 0 Å². The molecule has 8 nitrogen and oxygen atoms in total. The molecule has 2 aromatic rings. The van der Waals surface area contributed by atoms with E-state index in [0.29, 0.717) is 5.56 Å². The topological polar surface area (TPSA) is 126 Å². The molecule has 150 valence electrons. The second-order valence-corrected chi connectivity index (χ2v) is 6.32. The molecule has 0 fully saturated rings. The molecule has 0 radical (unpaired) electrons. The summed E-state index contributed by atoms with van der Waals surface area (Å²) in [7, 11) is 0. The van der Waals surface area contributed by atoms with Gasteiger partial charge < -0.3 is 15.8 Å². The highest BCUT2D eigenvalue weighted by molar-refractivity contribution is 6.02. The first kappa shape index (κ1) is 20.2. The molecule has 0 unspecified atom stereocenters. The van der Waals surface area contributed by atoms with Gasteiger partial charge in [0.15, 0.2) is 0 Å². The fourth-order valence-corrected chi connectivity index (χ4v) is 2.51. The third-order valence-electron chi connectivity index (χ3n) is 4.33. The number of nitrogens with two attached hydrogens (primary N) is 1. The van der Waals surface area contributed by atoms with Crippen molar-refractivity contribution in [2.75, 3.05) is 11.9 Å². The van der Waals surface area contributed by atoms with Crippen LogP contribution in [0.25, 0.3) is 0 Å². The van der Waals surface area contributed by atoms with E-state index in [-0.39, 0.29) is 23.8 Å². The summed E-state index contributed by atoms with van der Waals surface area (Å²) in [5, 5.41) is 11.3. The maximum absolute atomic E-state index is 13.1. The number of amidine groups is 1. The van der Waals surface area contributed by atoms with Crippen molar-refractivity contribution in [1.82, 2.24) is 9.97 Å². The number of pyridine rings is 2. The number of aliphatic imine (C=N–C) groups is 1. The van der Waals surface area contributed by atoms with Crippen molar-refractivity contribution in [3.05, 3.63) is 53.5 Å². The van der Waals surface area contributed by atoms with E-state index in [1.54, 1.807) is 6.07 Å². The van der Waals surface area contributed by atoms with Gasteiger partial charge in [0.25, 0.3) is 5.91 Å². The van der Waals surface area contributed by atoms with Gasteiger partial charge in [-0.1, -0.05) is 6.07 Å². The van der Waals surface area contributed by atoms with Crippen molar-refractivity contribution in [3.8, 4) is 6.07 Å². The zero-order valence-electron chi connectivity index (χ0n) is 15.1. The van der Waals surface area contributed by atoms with E-state index in [1.807, 2.05) is 6.07 Å². The minimum absolute atomic E-state index is 0.0698. The van der Waals surface area contributed by atoms with Gasteiger partial charge in [-0.25, -0.2) is 9.97 Å². The molecular weight excluding hydrogens is 389 g/mol. The average Bonchev–Trinajstić information content (AvgIpc) is 2.69. The van der Waals surface area contributed by atoms with Gasteiger partial charge in [-0.05, 0) is 31.2 Å². The van der Waals surface area contributed by atoms with Crippen LogP contribution in [0.15, 0.2) is 41.5 Å². The Kier molecular flexibility index (Phi) is 5.21. The van der Waals surface area contributed by atoms with Crippen LogP contribution in [0.3, 0.4) is 0 Å². The van der Waals surface area contributed by atoms with Gasteiger partial charge in [-0.3, -0.25) is 9.79 Å². The van der Waals surface area contributed by atoms with E-state index in [9.17, 15) is 18.0 Å². The number of amides is 1. The molecule has 0 bridgehead atoms. The van der Waals surface area contributed by atoms with Crippen LogP contribution < -0.4 is 11.1 Å². The summed E-state index contributed by atoms with van der Waals surface area (Å²) in [6.07, 6.45) is -3.45. The second-order valence-electron chi connectivity index (χ2n) is 6.32. The van der Waals surface area contributed by atoms with Crippen LogP contribution in [0.2, 0.25) is 0 Å². The lowest BCUT2D eigenvalue weighted by Crippen LogP contribution is -2.57. The van der Waals surface area contributed by atoms with Crippen LogP contribution in [0.4, 0.5) is 19.0 Å². The molecule has 29 heavy (non-hydrogen) atoms. The lowest BCUT2D eigenvalue weighted by molar-refractivity contribution is -0.246. The number of aromatic nitrogens is 2. The van der Waals surface area contributed by atoms with Gasteiger partial charge in [0.1, 0.15) is 29.5 Å². The number of hydrogen-bond acceptors (Lipinski definition) is 7. The maximum atomic E-state index is 13.1. The zero-order chi connectivity index (χ0) is 21.2. The first-order valence-corrected chi connectivity index (χ1v) is 8.33. The summed E-state index contributed by atoms with van der Waals surface area (Å²) in [5.74, 6) is -1.11. The number of carbonyl (C=O) groups excluding carboxylic acids is 1. The molecule has 1 aliphatic heterocycles. The molecule has 11 heteroatoms. The SMILES string of the molecule is C[C@@]1(C(F)(F)F)OC[C@H](c2cccc(NC(=O)c3ccc(C#N)cn3)n2)N=C1N. The Bertz CT molecular complexity index is 1000. The van der Waals surface area contributed by atoms with Crippen molar-refractivity contribution in [2.24, 2.45) is 10.7 Å². The third kappa shape index (κ3) is 4.02. The Morgan fingerprint density at radius 2 is 2.14 bits per heavy atom. The molecule has 3 heterocycles. The van der Waals surface area contributed by atoms with E-state index in [2.05, 4.69) is 20.3 Å². The van der Waals surface area contributed by atoms with Crippen LogP contribution in [0.1, 0.15) is 34.7 Å². The minimum Gasteiger partial charge on any atom is -0.385 e. The van der Waals surface area contributed by atoms with Gasteiger partial charge in [-0.15, -0.1) is 0 Å². The normalized spacial score (nSPS) is 21.8. The first-order chi connectivity index (χ1) is 13.6. The number of hydrogen-bond donors (Lipinski definition) is 2. The van der Waals surface area contributed by atoms with Gasteiger partial charge in [-0.2, -0.15) is 18.4 Å². The summed E-state index contributed by atoms with van der Waals surface area (Å²) < 4.78 is 44.4. The van der Waals surface area contributed by atoms with E-state index in [4.69, 9.17) is 15.7 Å². The summed E-state index contributed by atoms with van der Waals surface area (Å²) in [6.45, 7) is 0.439. The van der Waals surface area contributed by atoms with Gasteiger partial charge in [0.2, 0.25) is 5.60 Å². The Morgan fingerprint density at radius 3 is 2.72 bits per heavy atom. The quantitative estimate of drug-likeness (QED) is 0.809. The molecule has 0 saturated carbocycles. The average molecular weight is 404 g/mol. The molecule has 1 aliphatic rings. The van der Waals surface area contributed by atoms with Gasteiger partial charge in [0, 0.05) is 6.20 Å². The van der Waals surface area contributed by atoms with Gasteiger partial charge >= 0.3 is 6.18 Å². The molecule has 3 N–H and O–H groups in total. The first-order valence-electron chi connectivity index (χ1n) is 8.33. The molecule has 0 aliphatic carbocycles. The fraction of sp³-hybridized carbons (Fsp3) is 0.278. The molecule has 0 saturated heterocycles. The lowest BCUT2D eigenvalue weighted by Gasteiger charge is -2.36. The monoisotopic (exact) mass is 404 g/mol. The van der Waals surface area contributed by atoms with Gasteiger partial charge in [0.05, 0.1) is 17.9 Å². The molecule has 2 aromatic heterocycles. The molecule has 0 spiro atoms. The highest BCUT2D eigenvalue weighted by Gasteiger charge is 2.57. The summed E-state index contributed by atoms with van der Waals surface area (Å²) in [4.78, 5) is 24.2. The predicted octanol–water partition coefficient (Wildman–Crippen LogP) is 2.35. The smallest absolute Gasteiger partial charge is 0.385 e. The van der Waals surface area contributed by atoms with Crippen molar-refractivity contribution < 1.29 is 22.7 Å². The number of carbonyl (C=O) groups is 1. The standard InChI is InChI=1S/C18H15F3N6O2/c1-17(18(19,20)21)16(23)26-13(9-29-17)11-3-2-4-14(25-11)27-15(28)12-6-5-10(7-22)8-24-12/h2-6,8,13H,9H2,1H3,(H2,23,26)(H,25,27,28)/t13-,17-/m1/s1. The number of anilines is 1. The van der Waals surface area contributed by atoms with Crippen LogP contribution in [-0.2, 0) is 4.74 Å². The predicted molar refractivity (Wildman–Crippen MR) is 95.9 cm³/mol. The molecule has 2 atom stereocenters. The van der Waals surface area contributed by atoms with E-state index in [0.717, 1.165) is 6.92 Å². The maximum Gasteiger partial charge on any atom is 0.424 e. The van der Waals surface area contributed by atoms with E-state index >= 15 is 0 Å². The number of rotatable bonds is 3. The lowest BCUT2D eigenvalue weighted by atomic mass is 10.0. The summed E-state index contributed by atoms with van der Waals surface area (Å²) >= 11 is 0. The summed E-state index contributed by atoms with van der Waals surface area (Å²) in [5.41, 5.74) is 3.52. The van der Waals surface area contributed by atoms with Crippen molar-refractivity contribution in [3.63, 3.8) is 0 Å². The number of nitrogens with zero attached hydrogens (tertiary/aromatic N) is 4. The van der Waals surface area contributed by atoms with E-state index in [1.165, 1.54) is 30.5 Å². The van der Waals surface area contributed by atoms with Crippen LogP contribution in [0.5, 0.6) is 0 Å². The highest BCUT2D eigenvalue weighted by Crippen LogP contribution is 2.38. The molecule has 3 rings (SSSR count). The Balaban J connectivity index is 1.78. The highest BCUT2D eigenvalue weighted by atomic mass is 19.4. The number of nitrogens with one attached hydrogen (secondary N) is 1. The van der Waals surface area contributed by atoms with Crippen LogP contribution in [-0.4, -0.2) is 40.1 Å². The fourth-order valence-electron chi connectivity index (χ4n) is 2.51.